The van der Waals surface area contributed by atoms with E-state index in [4.69, 9.17) is 19.9 Å². The molecule has 0 saturated carbocycles. The molecule has 1 aromatic carbocycles. The molecule has 0 saturated heterocycles. The predicted molar refractivity (Wildman–Crippen MR) is 52.6 cm³/mol. The van der Waals surface area contributed by atoms with Crippen LogP contribution in [0.25, 0.3) is 0 Å². The Balaban J connectivity index is 2.23. The van der Waals surface area contributed by atoms with Gasteiger partial charge in [0.25, 0.3) is 0 Å². The third-order valence-corrected chi connectivity index (χ3v) is 2.15. The molecule has 2 N–H and O–H groups in total. The van der Waals surface area contributed by atoms with Crippen LogP contribution in [0, 0.1) is 0 Å². The van der Waals surface area contributed by atoms with Gasteiger partial charge in [0, 0.05) is 25.2 Å². The van der Waals surface area contributed by atoms with Crippen LogP contribution < -0.4 is 15.2 Å². The van der Waals surface area contributed by atoms with Crippen LogP contribution in [-0.2, 0) is 11.2 Å². The largest absolute Gasteiger partial charge is 0.493 e. The lowest BCUT2D eigenvalue weighted by Gasteiger charge is -2.09. The molecule has 1 heterocycles. The number of hydrogen-bond donors (Lipinski definition) is 1. The lowest BCUT2D eigenvalue weighted by Crippen LogP contribution is -2.02. The molecule has 1 aliphatic rings. The standard InChI is InChI=1S/C10H13NO3/c1-12-6-14-10-4-7-2-3-13-9(7)5-8(10)11/h4-5H,2-3,6,11H2,1H3. The molecule has 0 aromatic heterocycles. The number of nitrogens with two attached hydrogens (primary N) is 1. The number of benzene rings is 1. The topological polar surface area (TPSA) is 53.7 Å². The number of hydrogen-bond acceptors (Lipinski definition) is 4. The molecule has 4 heteroatoms. The Morgan fingerprint density at radius 3 is 3.14 bits per heavy atom. The first kappa shape index (κ1) is 9.15. The maximum atomic E-state index is 5.77. The van der Waals surface area contributed by atoms with Gasteiger partial charge in [-0.15, -0.1) is 0 Å². The molecule has 4 nitrogen and oxygen atoms in total. The van der Waals surface area contributed by atoms with Crippen molar-refractivity contribution in [2.45, 2.75) is 6.42 Å². The van der Waals surface area contributed by atoms with Crippen LogP contribution >= 0.6 is 0 Å². The first-order chi connectivity index (χ1) is 6.81. The van der Waals surface area contributed by atoms with Crippen molar-refractivity contribution in [3.05, 3.63) is 17.7 Å². The molecule has 1 aliphatic heterocycles. The van der Waals surface area contributed by atoms with E-state index >= 15 is 0 Å². The highest BCUT2D eigenvalue weighted by Crippen LogP contribution is 2.34. The van der Waals surface area contributed by atoms with Crippen molar-refractivity contribution >= 4 is 5.69 Å². The minimum absolute atomic E-state index is 0.212. The Morgan fingerprint density at radius 2 is 2.36 bits per heavy atom. The Kier molecular flexibility index (Phi) is 2.45. The average molecular weight is 195 g/mol. The molecule has 1 aromatic rings. The highest BCUT2D eigenvalue weighted by atomic mass is 16.7. The van der Waals surface area contributed by atoms with Crippen molar-refractivity contribution in [3.8, 4) is 11.5 Å². The molecule has 0 bridgehead atoms. The van der Waals surface area contributed by atoms with Crippen molar-refractivity contribution in [2.75, 3.05) is 26.2 Å². The summed E-state index contributed by atoms with van der Waals surface area (Å²) in [6, 6.07) is 3.71. The fourth-order valence-corrected chi connectivity index (χ4v) is 1.47. The molecule has 0 amide bonds. The van der Waals surface area contributed by atoms with Gasteiger partial charge in [0.05, 0.1) is 12.3 Å². The van der Waals surface area contributed by atoms with Gasteiger partial charge in [-0.2, -0.15) is 0 Å². The molecule has 0 radical (unpaired) electrons. The normalized spacial score (nSPS) is 13.5. The summed E-state index contributed by atoms with van der Waals surface area (Å²) in [5, 5.41) is 0. The molecule has 0 atom stereocenters. The third-order valence-electron chi connectivity index (χ3n) is 2.15. The second-order valence-corrected chi connectivity index (χ2v) is 3.15. The van der Waals surface area contributed by atoms with Gasteiger partial charge in [-0.3, -0.25) is 0 Å². The molecule has 0 unspecified atom stereocenters. The minimum atomic E-state index is 0.212. The summed E-state index contributed by atoms with van der Waals surface area (Å²) >= 11 is 0. The molecular weight excluding hydrogens is 182 g/mol. The fraction of sp³-hybridized carbons (Fsp3) is 0.400. The molecule has 14 heavy (non-hydrogen) atoms. The van der Waals surface area contributed by atoms with Crippen molar-refractivity contribution in [3.63, 3.8) is 0 Å². The van der Waals surface area contributed by atoms with Gasteiger partial charge < -0.3 is 19.9 Å². The van der Waals surface area contributed by atoms with E-state index < -0.39 is 0 Å². The summed E-state index contributed by atoms with van der Waals surface area (Å²) in [5.74, 6) is 1.53. The van der Waals surface area contributed by atoms with Gasteiger partial charge >= 0.3 is 0 Å². The minimum Gasteiger partial charge on any atom is -0.493 e. The van der Waals surface area contributed by atoms with E-state index in [1.165, 1.54) is 0 Å². The summed E-state index contributed by atoms with van der Waals surface area (Å²) in [5.41, 5.74) is 7.50. The number of ether oxygens (including phenoxy) is 3. The molecule has 0 aliphatic carbocycles. The number of methoxy groups -OCH3 is 1. The van der Waals surface area contributed by atoms with E-state index in [-0.39, 0.29) is 6.79 Å². The molecule has 76 valence electrons. The number of anilines is 1. The van der Waals surface area contributed by atoms with E-state index in [2.05, 4.69) is 0 Å². The Morgan fingerprint density at radius 1 is 1.50 bits per heavy atom. The summed E-state index contributed by atoms with van der Waals surface area (Å²) in [7, 11) is 1.58. The predicted octanol–water partition coefficient (Wildman–Crippen LogP) is 1.19. The Bertz CT molecular complexity index is 338. The van der Waals surface area contributed by atoms with E-state index in [0.29, 0.717) is 11.4 Å². The lowest BCUT2D eigenvalue weighted by atomic mass is 10.1. The van der Waals surface area contributed by atoms with E-state index in [1.54, 1.807) is 13.2 Å². The molecule has 0 spiro atoms. The highest BCUT2D eigenvalue weighted by molar-refractivity contribution is 5.60. The summed E-state index contributed by atoms with van der Waals surface area (Å²) < 4.78 is 15.5. The van der Waals surface area contributed by atoms with Crippen LogP contribution in [0.5, 0.6) is 11.5 Å². The zero-order valence-corrected chi connectivity index (χ0v) is 8.08. The molecule has 0 fully saturated rings. The van der Waals surface area contributed by atoms with Gasteiger partial charge in [-0.1, -0.05) is 0 Å². The first-order valence-electron chi connectivity index (χ1n) is 4.48. The van der Waals surface area contributed by atoms with Crippen LogP contribution in [0.1, 0.15) is 5.56 Å². The zero-order chi connectivity index (χ0) is 9.97. The van der Waals surface area contributed by atoms with E-state index in [0.717, 1.165) is 24.3 Å². The third kappa shape index (κ3) is 1.61. The number of fused-ring (bicyclic) bond motifs is 1. The Labute approximate surface area is 82.6 Å². The highest BCUT2D eigenvalue weighted by Gasteiger charge is 2.15. The summed E-state index contributed by atoms with van der Waals surface area (Å²) in [6.07, 6.45) is 0.916. The van der Waals surface area contributed by atoms with Gasteiger partial charge in [0.2, 0.25) is 0 Å². The molecule has 2 rings (SSSR count). The van der Waals surface area contributed by atoms with Gasteiger partial charge in [-0.05, 0) is 6.07 Å². The van der Waals surface area contributed by atoms with Crippen molar-refractivity contribution in [2.24, 2.45) is 0 Å². The Hall–Kier alpha value is -1.42. The average Bonchev–Trinajstić information content (AvgIpc) is 2.61. The second-order valence-electron chi connectivity index (χ2n) is 3.15. The van der Waals surface area contributed by atoms with Crippen LogP contribution in [-0.4, -0.2) is 20.5 Å². The van der Waals surface area contributed by atoms with Crippen molar-refractivity contribution < 1.29 is 14.2 Å². The van der Waals surface area contributed by atoms with Gasteiger partial charge in [0.1, 0.15) is 11.5 Å². The number of rotatable bonds is 3. The van der Waals surface area contributed by atoms with Gasteiger partial charge in [-0.25, -0.2) is 0 Å². The summed E-state index contributed by atoms with van der Waals surface area (Å²) in [4.78, 5) is 0. The number of nitrogen functional groups attached to an aromatic ring is 1. The van der Waals surface area contributed by atoms with Crippen molar-refractivity contribution in [1.82, 2.24) is 0 Å². The van der Waals surface area contributed by atoms with Gasteiger partial charge in [0.15, 0.2) is 6.79 Å². The van der Waals surface area contributed by atoms with E-state index in [1.807, 2.05) is 6.07 Å². The van der Waals surface area contributed by atoms with Crippen LogP contribution in [0.15, 0.2) is 12.1 Å². The van der Waals surface area contributed by atoms with Crippen LogP contribution in [0.4, 0.5) is 5.69 Å². The van der Waals surface area contributed by atoms with E-state index in [9.17, 15) is 0 Å². The van der Waals surface area contributed by atoms with Crippen LogP contribution in [0.2, 0.25) is 0 Å². The smallest absolute Gasteiger partial charge is 0.188 e. The SMILES string of the molecule is COCOc1cc2c(cc1N)OCC2. The fourth-order valence-electron chi connectivity index (χ4n) is 1.47. The zero-order valence-electron chi connectivity index (χ0n) is 8.08. The second kappa shape index (κ2) is 3.75. The summed E-state index contributed by atoms with van der Waals surface area (Å²) in [6.45, 7) is 0.937. The molecular formula is C10H13NO3. The van der Waals surface area contributed by atoms with Crippen molar-refractivity contribution in [1.29, 1.82) is 0 Å². The lowest BCUT2D eigenvalue weighted by molar-refractivity contribution is 0.0516. The monoisotopic (exact) mass is 195 g/mol. The quantitative estimate of drug-likeness (QED) is 0.581. The maximum Gasteiger partial charge on any atom is 0.188 e. The van der Waals surface area contributed by atoms with Crippen LogP contribution in [0.3, 0.4) is 0 Å². The first-order valence-corrected chi connectivity index (χ1v) is 4.48. The maximum absolute atomic E-state index is 5.77.